The molecular formula is C14H22N4O10. The molecule has 0 aliphatic rings. The van der Waals surface area contributed by atoms with Crippen LogP contribution < -0.4 is 21.7 Å². The molecule has 0 rings (SSSR count). The minimum Gasteiger partial charge on any atom is -0.481 e. The number of carboxylic acid groups (broad SMARTS) is 3. The maximum absolute atomic E-state index is 12.2. The number of carbonyl (C=O) groups is 6. The van der Waals surface area contributed by atoms with Crippen molar-refractivity contribution in [2.45, 2.75) is 44.0 Å². The fourth-order valence-corrected chi connectivity index (χ4v) is 1.93. The van der Waals surface area contributed by atoms with Gasteiger partial charge in [-0.05, 0) is 6.92 Å². The lowest BCUT2D eigenvalue weighted by atomic mass is 10.1. The molecule has 3 amide bonds. The van der Waals surface area contributed by atoms with Crippen LogP contribution in [-0.4, -0.2) is 86.8 Å². The summed E-state index contributed by atoms with van der Waals surface area (Å²) in [6.07, 6.45) is -3.39. The average Bonchev–Trinajstić information content (AvgIpc) is 2.56. The van der Waals surface area contributed by atoms with E-state index in [1.54, 1.807) is 0 Å². The van der Waals surface area contributed by atoms with Crippen molar-refractivity contribution in [3.8, 4) is 0 Å². The summed E-state index contributed by atoms with van der Waals surface area (Å²) in [5, 5.41) is 42.0. The SMILES string of the molecule is CC(O)C(NC(=O)C(CC(=O)O)NC(=O)CN)C(=O)NC(CC(=O)O)C(=O)O. The number of amides is 3. The second-order valence-corrected chi connectivity index (χ2v) is 5.65. The summed E-state index contributed by atoms with van der Waals surface area (Å²) < 4.78 is 0. The van der Waals surface area contributed by atoms with E-state index in [0.717, 1.165) is 6.92 Å². The van der Waals surface area contributed by atoms with Crippen molar-refractivity contribution in [3.63, 3.8) is 0 Å². The molecule has 0 aromatic heterocycles. The van der Waals surface area contributed by atoms with Crippen molar-refractivity contribution < 1.29 is 49.2 Å². The molecule has 14 nitrogen and oxygen atoms in total. The van der Waals surface area contributed by atoms with Gasteiger partial charge >= 0.3 is 17.9 Å². The van der Waals surface area contributed by atoms with E-state index >= 15 is 0 Å². The molecule has 0 aromatic carbocycles. The molecular weight excluding hydrogens is 384 g/mol. The van der Waals surface area contributed by atoms with E-state index in [9.17, 15) is 33.9 Å². The Labute approximate surface area is 158 Å². The van der Waals surface area contributed by atoms with Crippen molar-refractivity contribution in [3.05, 3.63) is 0 Å². The molecule has 9 N–H and O–H groups in total. The zero-order valence-corrected chi connectivity index (χ0v) is 14.7. The molecule has 0 heterocycles. The van der Waals surface area contributed by atoms with Gasteiger partial charge in [-0.1, -0.05) is 0 Å². The van der Waals surface area contributed by atoms with Gasteiger partial charge in [0.2, 0.25) is 17.7 Å². The maximum atomic E-state index is 12.2. The van der Waals surface area contributed by atoms with Crippen molar-refractivity contribution in [1.82, 2.24) is 16.0 Å². The van der Waals surface area contributed by atoms with Gasteiger partial charge in [0, 0.05) is 0 Å². The second-order valence-electron chi connectivity index (χ2n) is 5.65. The summed E-state index contributed by atoms with van der Waals surface area (Å²) in [7, 11) is 0. The van der Waals surface area contributed by atoms with Gasteiger partial charge in [-0.2, -0.15) is 0 Å². The van der Waals surface area contributed by atoms with Gasteiger partial charge in [-0.25, -0.2) is 4.79 Å². The first-order chi connectivity index (χ1) is 12.9. The standard InChI is InChI=1S/C14H22N4O10/c1-5(19)11(13(26)17-7(14(27)28)3-10(23)24)18-12(25)6(2-9(21)22)16-8(20)4-15/h5-7,11,19H,2-4,15H2,1H3,(H,16,20)(H,17,26)(H,18,25)(H,21,22)(H,23,24)(H,27,28). The van der Waals surface area contributed by atoms with Crippen LogP contribution in [0.5, 0.6) is 0 Å². The van der Waals surface area contributed by atoms with Crippen LogP contribution in [-0.2, 0) is 28.8 Å². The molecule has 0 saturated heterocycles. The Balaban J connectivity index is 5.33. The number of carboxylic acids is 3. The lowest BCUT2D eigenvalue weighted by molar-refractivity contribution is -0.148. The Bertz CT molecular complexity index is 636. The molecule has 4 unspecified atom stereocenters. The quantitative estimate of drug-likeness (QED) is 0.154. The van der Waals surface area contributed by atoms with Gasteiger partial charge in [0.1, 0.15) is 18.1 Å². The van der Waals surface area contributed by atoms with E-state index in [1.165, 1.54) is 0 Å². The Morgan fingerprint density at radius 3 is 1.71 bits per heavy atom. The molecule has 4 atom stereocenters. The minimum absolute atomic E-state index is 0.542. The van der Waals surface area contributed by atoms with Gasteiger partial charge in [-0.15, -0.1) is 0 Å². The van der Waals surface area contributed by atoms with Crippen molar-refractivity contribution in [1.29, 1.82) is 0 Å². The topological polar surface area (TPSA) is 245 Å². The fraction of sp³-hybridized carbons (Fsp3) is 0.571. The van der Waals surface area contributed by atoms with Gasteiger partial charge in [0.05, 0.1) is 25.5 Å². The van der Waals surface area contributed by atoms with E-state index in [4.69, 9.17) is 21.1 Å². The van der Waals surface area contributed by atoms with E-state index < -0.39 is 79.2 Å². The number of aliphatic carboxylic acids is 3. The monoisotopic (exact) mass is 406 g/mol. The average molecular weight is 406 g/mol. The maximum Gasteiger partial charge on any atom is 0.326 e. The highest BCUT2D eigenvalue weighted by atomic mass is 16.4. The van der Waals surface area contributed by atoms with E-state index in [0.29, 0.717) is 0 Å². The number of carbonyl (C=O) groups excluding carboxylic acids is 3. The summed E-state index contributed by atoms with van der Waals surface area (Å²) in [4.78, 5) is 68.2. The van der Waals surface area contributed by atoms with Gasteiger partial charge < -0.3 is 42.1 Å². The predicted molar refractivity (Wildman–Crippen MR) is 88.7 cm³/mol. The first kappa shape index (κ1) is 24.7. The van der Waals surface area contributed by atoms with Gasteiger partial charge in [0.15, 0.2) is 0 Å². The molecule has 0 bridgehead atoms. The van der Waals surface area contributed by atoms with Gasteiger partial charge in [0.25, 0.3) is 0 Å². The third kappa shape index (κ3) is 8.91. The summed E-state index contributed by atoms with van der Waals surface area (Å²) in [5.74, 6) is -7.87. The van der Waals surface area contributed by atoms with E-state index in [2.05, 4.69) is 0 Å². The highest BCUT2D eigenvalue weighted by molar-refractivity contribution is 5.95. The van der Waals surface area contributed by atoms with Crippen LogP contribution in [0.25, 0.3) is 0 Å². The van der Waals surface area contributed by atoms with Crippen LogP contribution in [0.4, 0.5) is 0 Å². The highest BCUT2D eigenvalue weighted by Crippen LogP contribution is 2.01. The Morgan fingerprint density at radius 1 is 0.821 bits per heavy atom. The summed E-state index contributed by atoms with van der Waals surface area (Å²) in [6, 6.07) is -5.22. The third-order valence-electron chi connectivity index (χ3n) is 3.27. The normalized spacial score (nSPS) is 14.7. The first-order valence-corrected chi connectivity index (χ1v) is 7.83. The van der Waals surface area contributed by atoms with Gasteiger partial charge in [-0.3, -0.25) is 24.0 Å². The van der Waals surface area contributed by atoms with E-state index in [1.807, 2.05) is 16.0 Å². The number of nitrogens with two attached hydrogens (primary N) is 1. The molecule has 0 aliphatic carbocycles. The molecule has 0 radical (unpaired) electrons. The molecule has 0 aliphatic heterocycles. The molecule has 158 valence electrons. The molecule has 0 spiro atoms. The van der Waals surface area contributed by atoms with Crippen LogP contribution in [0.15, 0.2) is 0 Å². The number of nitrogens with one attached hydrogen (secondary N) is 3. The zero-order chi connectivity index (χ0) is 22.0. The lowest BCUT2D eigenvalue weighted by Crippen LogP contribution is -2.59. The second kappa shape index (κ2) is 11.5. The van der Waals surface area contributed by atoms with Crippen molar-refractivity contribution in [2.75, 3.05) is 6.54 Å². The largest absolute Gasteiger partial charge is 0.481 e. The Morgan fingerprint density at radius 2 is 1.32 bits per heavy atom. The third-order valence-corrected chi connectivity index (χ3v) is 3.27. The Hall–Kier alpha value is -3.26. The number of hydrogen-bond donors (Lipinski definition) is 8. The number of aliphatic hydroxyl groups excluding tert-OH is 1. The number of rotatable bonds is 12. The fourth-order valence-electron chi connectivity index (χ4n) is 1.93. The summed E-state index contributed by atoms with van der Waals surface area (Å²) in [6.45, 7) is 0.529. The molecule has 14 heteroatoms. The first-order valence-electron chi connectivity index (χ1n) is 7.83. The van der Waals surface area contributed by atoms with Crippen LogP contribution in [0.3, 0.4) is 0 Å². The minimum atomic E-state index is -1.84. The van der Waals surface area contributed by atoms with E-state index in [-0.39, 0.29) is 0 Å². The Kier molecular flexibility index (Phi) is 10.1. The van der Waals surface area contributed by atoms with Crippen LogP contribution >= 0.6 is 0 Å². The van der Waals surface area contributed by atoms with Crippen LogP contribution in [0, 0.1) is 0 Å². The number of aliphatic hydroxyl groups is 1. The molecule has 0 fully saturated rings. The lowest BCUT2D eigenvalue weighted by Gasteiger charge is -2.25. The smallest absolute Gasteiger partial charge is 0.326 e. The highest BCUT2D eigenvalue weighted by Gasteiger charge is 2.33. The van der Waals surface area contributed by atoms with Crippen LogP contribution in [0.1, 0.15) is 19.8 Å². The molecule has 0 aromatic rings. The van der Waals surface area contributed by atoms with Crippen molar-refractivity contribution in [2.24, 2.45) is 5.73 Å². The zero-order valence-electron chi connectivity index (χ0n) is 14.7. The number of hydrogen-bond acceptors (Lipinski definition) is 8. The van der Waals surface area contributed by atoms with Crippen molar-refractivity contribution >= 4 is 35.6 Å². The molecule has 0 saturated carbocycles. The van der Waals surface area contributed by atoms with Crippen LogP contribution in [0.2, 0.25) is 0 Å². The summed E-state index contributed by atoms with van der Waals surface area (Å²) >= 11 is 0. The molecule has 28 heavy (non-hydrogen) atoms. The predicted octanol–water partition coefficient (Wildman–Crippen LogP) is -4.19. The summed E-state index contributed by atoms with van der Waals surface area (Å²) in [5.41, 5.74) is 5.07.